The van der Waals surface area contributed by atoms with Gasteiger partial charge in [0.25, 0.3) is 0 Å². The van der Waals surface area contributed by atoms with Crippen LogP contribution in [0, 0.1) is 6.92 Å². The summed E-state index contributed by atoms with van der Waals surface area (Å²) in [5, 5.41) is 3.06. The Morgan fingerprint density at radius 1 is 1.25 bits per heavy atom. The van der Waals surface area contributed by atoms with Crippen molar-refractivity contribution in [2.24, 2.45) is 0 Å². The third kappa shape index (κ3) is 4.51. The van der Waals surface area contributed by atoms with E-state index in [4.69, 9.17) is 0 Å². The zero-order valence-electron chi connectivity index (χ0n) is 15.2. The van der Waals surface area contributed by atoms with Gasteiger partial charge >= 0.3 is 6.03 Å². The Kier molecular flexibility index (Phi) is 6.67. The first-order valence-electron chi connectivity index (χ1n) is 8.83. The van der Waals surface area contributed by atoms with E-state index in [-0.39, 0.29) is 6.03 Å². The predicted molar refractivity (Wildman–Crippen MR) is 102 cm³/mol. The summed E-state index contributed by atoms with van der Waals surface area (Å²) >= 11 is 0. The maximum Gasteiger partial charge on any atom is 0.321 e. The summed E-state index contributed by atoms with van der Waals surface area (Å²) < 4.78 is 0. The lowest BCUT2D eigenvalue weighted by Crippen LogP contribution is -2.49. The van der Waals surface area contributed by atoms with Crippen molar-refractivity contribution in [2.75, 3.05) is 56.0 Å². The molecule has 1 N–H and O–H groups in total. The number of rotatable bonds is 6. The lowest BCUT2D eigenvalue weighted by Gasteiger charge is -2.34. The van der Waals surface area contributed by atoms with Crippen LogP contribution in [-0.4, -0.2) is 61.6 Å². The van der Waals surface area contributed by atoms with Crippen molar-refractivity contribution < 1.29 is 4.79 Å². The first kappa shape index (κ1) is 18.3. The van der Waals surface area contributed by atoms with Gasteiger partial charge in [-0.05, 0) is 44.5 Å². The number of hydrogen-bond acceptors (Lipinski definition) is 3. The van der Waals surface area contributed by atoms with Crippen molar-refractivity contribution in [1.29, 1.82) is 0 Å². The number of anilines is 2. The average molecular weight is 330 g/mol. The molecule has 0 aliphatic carbocycles. The van der Waals surface area contributed by atoms with Crippen LogP contribution in [0.3, 0.4) is 0 Å². The van der Waals surface area contributed by atoms with Crippen LogP contribution in [0.25, 0.3) is 0 Å². The van der Waals surface area contributed by atoms with Gasteiger partial charge in [0.15, 0.2) is 0 Å². The van der Waals surface area contributed by atoms with Gasteiger partial charge in [0.1, 0.15) is 0 Å². The van der Waals surface area contributed by atoms with Crippen molar-refractivity contribution >= 4 is 17.4 Å². The van der Waals surface area contributed by atoms with Crippen LogP contribution in [-0.2, 0) is 0 Å². The number of benzene rings is 1. The van der Waals surface area contributed by atoms with E-state index < -0.39 is 0 Å². The normalized spacial score (nSPS) is 15.2. The monoisotopic (exact) mass is 330 g/mol. The molecule has 0 unspecified atom stereocenters. The van der Waals surface area contributed by atoms with Crippen molar-refractivity contribution in [2.45, 2.75) is 20.8 Å². The smallest absolute Gasteiger partial charge is 0.321 e. The number of nitrogens with zero attached hydrogens (tertiary/aromatic N) is 3. The van der Waals surface area contributed by atoms with Gasteiger partial charge in [0.2, 0.25) is 0 Å². The standard InChI is InChI=1S/C19H30N4O/c1-5-10-21-11-13-23(14-12-21)19(24)20-18-9-8-17(15-16(18)4)22(6-2)7-3/h5,8-9,15H,1,6-7,10-14H2,2-4H3,(H,20,24). The molecule has 1 fully saturated rings. The minimum Gasteiger partial charge on any atom is -0.372 e. The summed E-state index contributed by atoms with van der Waals surface area (Å²) in [6.45, 7) is 16.3. The zero-order chi connectivity index (χ0) is 17.5. The molecule has 132 valence electrons. The Bertz CT molecular complexity index is 560. The molecule has 2 amide bonds. The lowest BCUT2D eigenvalue weighted by molar-refractivity contribution is 0.156. The van der Waals surface area contributed by atoms with Gasteiger partial charge in [-0.1, -0.05) is 6.08 Å². The Hall–Kier alpha value is -2.01. The lowest BCUT2D eigenvalue weighted by atomic mass is 10.1. The topological polar surface area (TPSA) is 38.8 Å². The fraction of sp³-hybridized carbons (Fsp3) is 0.526. The highest BCUT2D eigenvalue weighted by atomic mass is 16.2. The molecule has 0 atom stereocenters. The molecule has 1 aromatic carbocycles. The molecule has 1 aliphatic heterocycles. The van der Waals surface area contributed by atoms with E-state index in [2.05, 4.69) is 47.7 Å². The van der Waals surface area contributed by atoms with Crippen molar-refractivity contribution in [3.8, 4) is 0 Å². The molecular weight excluding hydrogens is 300 g/mol. The summed E-state index contributed by atoms with van der Waals surface area (Å²) in [6.07, 6.45) is 1.91. The fourth-order valence-corrected chi connectivity index (χ4v) is 3.08. The highest BCUT2D eigenvalue weighted by Gasteiger charge is 2.20. The minimum absolute atomic E-state index is 0.00746. The maximum absolute atomic E-state index is 12.5. The molecule has 0 spiro atoms. The fourth-order valence-electron chi connectivity index (χ4n) is 3.08. The van der Waals surface area contributed by atoms with Gasteiger partial charge in [-0.3, -0.25) is 4.90 Å². The minimum atomic E-state index is -0.00746. The molecule has 24 heavy (non-hydrogen) atoms. The molecule has 1 aromatic rings. The molecule has 1 heterocycles. The zero-order valence-corrected chi connectivity index (χ0v) is 15.2. The number of carbonyl (C=O) groups excluding carboxylic acids is 1. The van der Waals surface area contributed by atoms with E-state index in [1.807, 2.05) is 24.0 Å². The second-order valence-corrected chi connectivity index (χ2v) is 6.18. The van der Waals surface area contributed by atoms with E-state index >= 15 is 0 Å². The Morgan fingerprint density at radius 2 is 1.92 bits per heavy atom. The molecule has 0 radical (unpaired) electrons. The van der Waals surface area contributed by atoms with Crippen molar-refractivity contribution in [3.63, 3.8) is 0 Å². The van der Waals surface area contributed by atoms with E-state index in [1.165, 1.54) is 5.69 Å². The highest BCUT2D eigenvalue weighted by molar-refractivity contribution is 5.90. The van der Waals surface area contributed by atoms with Crippen molar-refractivity contribution in [3.05, 3.63) is 36.4 Å². The van der Waals surface area contributed by atoms with Crippen LogP contribution < -0.4 is 10.2 Å². The third-order valence-electron chi connectivity index (χ3n) is 4.63. The van der Waals surface area contributed by atoms with E-state index in [0.29, 0.717) is 0 Å². The third-order valence-corrected chi connectivity index (χ3v) is 4.63. The van der Waals surface area contributed by atoms with Gasteiger partial charge in [0, 0.05) is 57.2 Å². The molecule has 0 saturated carbocycles. The van der Waals surface area contributed by atoms with Crippen LogP contribution in [0.2, 0.25) is 0 Å². The summed E-state index contributed by atoms with van der Waals surface area (Å²) in [6, 6.07) is 6.23. The number of piperazine rings is 1. The number of urea groups is 1. The first-order valence-corrected chi connectivity index (χ1v) is 8.83. The SMILES string of the molecule is C=CCN1CCN(C(=O)Nc2ccc(N(CC)CC)cc2C)CC1. The Balaban J connectivity index is 1.96. The molecule has 5 heteroatoms. The van der Waals surface area contributed by atoms with Crippen LogP contribution in [0.4, 0.5) is 16.2 Å². The number of hydrogen-bond donors (Lipinski definition) is 1. The Morgan fingerprint density at radius 3 is 2.46 bits per heavy atom. The average Bonchev–Trinajstić information content (AvgIpc) is 2.59. The van der Waals surface area contributed by atoms with Crippen LogP contribution in [0.1, 0.15) is 19.4 Å². The van der Waals surface area contributed by atoms with Gasteiger partial charge in [-0.15, -0.1) is 6.58 Å². The molecule has 2 rings (SSSR count). The van der Waals surface area contributed by atoms with Crippen LogP contribution in [0.15, 0.2) is 30.9 Å². The summed E-state index contributed by atoms with van der Waals surface area (Å²) in [5.74, 6) is 0. The van der Waals surface area contributed by atoms with Crippen LogP contribution in [0.5, 0.6) is 0 Å². The maximum atomic E-state index is 12.5. The van der Waals surface area contributed by atoms with Crippen LogP contribution >= 0.6 is 0 Å². The number of carbonyl (C=O) groups is 1. The number of amides is 2. The van der Waals surface area contributed by atoms with Gasteiger partial charge < -0.3 is 15.1 Å². The van der Waals surface area contributed by atoms with E-state index in [1.54, 1.807) is 0 Å². The summed E-state index contributed by atoms with van der Waals surface area (Å²) in [4.78, 5) is 19.0. The van der Waals surface area contributed by atoms with E-state index in [9.17, 15) is 4.79 Å². The van der Waals surface area contributed by atoms with Crippen molar-refractivity contribution in [1.82, 2.24) is 9.80 Å². The largest absolute Gasteiger partial charge is 0.372 e. The molecule has 0 aromatic heterocycles. The second kappa shape index (κ2) is 8.73. The number of aryl methyl sites for hydroxylation is 1. The molecule has 0 bridgehead atoms. The van der Waals surface area contributed by atoms with E-state index in [0.717, 1.165) is 57.1 Å². The summed E-state index contributed by atoms with van der Waals surface area (Å²) in [7, 11) is 0. The summed E-state index contributed by atoms with van der Waals surface area (Å²) in [5.41, 5.74) is 3.19. The van der Waals surface area contributed by atoms with Gasteiger partial charge in [-0.2, -0.15) is 0 Å². The van der Waals surface area contributed by atoms with Gasteiger partial charge in [0.05, 0.1) is 0 Å². The molecular formula is C19H30N4O. The quantitative estimate of drug-likeness (QED) is 0.814. The second-order valence-electron chi connectivity index (χ2n) is 6.18. The molecule has 1 saturated heterocycles. The predicted octanol–water partition coefficient (Wildman–Crippen LogP) is 3.18. The molecule has 5 nitrogen and oxygen atoms in total. The first-order chi connectivity index (χ1) is 11.6. The highest BCUT2D eigenvalue weighted by Crippen LogP contribution is 2.23. The Labute approximate surface area is 145 Å². The van der Waals surface area contributed by atoms with Gasteiger partial charge in [-0.25, -0.2) is 4.79 Å². The number of nitrogens with one attached hydrogen (secondary N) is 1. The molecule has 1 aliphatic rings.